The van der Waals surface area contributed by atoms with Crippen LogP contribution in [-0.2, 0) is 0 Å². The van der Waals surface area contributed by atoms with Crippen molar-refractivity contribution in [1.29, 1.82) is 0 Å². The first-order valence-corrected chi connectivity index (χ1v) is 6.85. The van der Waals surface area contributed by atoms with Gasteiger partial charge in [-0.05, 0) is 25.0 Å². The molecule has 0 atom stereocenters. The summed E-state index contributed by atoms with van der Waals surface area (Å²) in [6.45, 7) is 2.87. The van der Waals surface area contributed by atoms with Crippen LogP contribution in [0.3, 0.4) is 0 Å². The normalized spacial score (nSPS) is 15.4. The molecule has 0 saturated carbocycles. The molecule has 92 valence electrons. The van der Waals surface area contributed by atoms with Crippen molar-refractivity contribution in [3.63, 3.8) is 0 Å². The highest BCUT2D eigenvalue weighted by molar-refractivity contribution is 8.14. The Bertz CT molecular complexity index is 448. The standard InChI is InChI=1S/C12H15ClN2OS/c1-8-6-10(11(16-2)7-9(8)13)15-12-14-4-3-5-17-12/h6-7H,3-5H2,1-2H3,(H,14,15). The highest BCUT2D eigenvalue weighted by Gasteiger charge is 2.11. The van der Waals surface area contributed by atoms with Crippen molar-refractivity contribution < 1.29 is 4.74 Å². The second-order valence-electron chi connectivity index (χ2n) is 3.82. The Morgan fingerprint density at radius 3 is 2.94 bits per heavy atom. The molecule has 1 aliphatic rings. The van der Waals surface area contributed by atoms with Gasteiger partial charge in [0, 0.05) is 23.4 Å². The predicted molar refractivity (Wildman–Crippen MR) is 75.7 cm³/mol. The van der Waals surface area contributed by atoms with Crippen molar-refractivity contribution in [2.45, 2.75) is 13.3 Å². The van der Waals surface area contributed by atoms with Gasteiger partial charge in [-0.2, -0.15) is 0 Å². The van der Waals surface area contributed by atoms with Crippen LogP contribution >= 0.6 is 23.4 Å². The summed E-state index contributed by atoms with van der Waals surface area (Å²) in [7, 11) is 1.64. The summed E-state index contributed by atoms with van der Waals surface area (Å²) in [5, 5.41) is 4.97. The molecule has 0 radical (unpaired) electrons. The van der Waals surface area contributed by atoms with Crippen molar-refractivity contribution >= 4 is 34.2 Å². The van der Waals surface area contributed by atoms with Gasteiger partial charge in [0.25, 0.3) is 0 Å². The lowest BCUT2D eigenvalue weighted by Crippen LogP contribution is -2.14. The van der Waals surface area contributed by atoms with Gasteiger partial charge in [0.05, 0.1) is 12.8 Å². The number of hydrogen-bond donors (Lipinski definition) is 1. The van der Waals surface area contributed by atoms with Crippen LogP contribution in [0.25, 0.3) is 0 Å². The predicted octanol–water partition coefficient (Wildman–Crippen LogP) is 3.56. The number of hydrogen-bond acceptors (Lipinski definition) is 4. The minimum atomic E-state index is 0.714. The highest BCUT2D eigenvalue weighted by Crippen LogP contribution is 2.31. The van der Waals surface area contributed by atoms with Gasteiger partial charge in [-0.15, -0.1) is 0 Å². The van der Waals surface area contributed by atoms with Gasteiger partial charge in [0.2, 0.25) is 0 Å². The number of amidine groups is 1. The smallest absolute Gasteiger partial charge is 0.161 e. The van der Waals surface area contributed by atoms with Crippen LogP contribution in [0.1, 0.15) is 12.0 Å². The first-order chi connectivity index (χ1) is 8.20. The maximum Gasteiger partial charge on any atom is 0.161 e. The number of rotatable bonds is 2. The van der Waals surface area contributed by atoms with Gasteiger partial charge in [0.1, 0.15) is 5.75 Å². The average Bonchev–Trinajstić information content (AvgIpc) is 2.35. The number of methoxy groups -OCH3 is 1. The van der Waals surface area contributed by atoms with E-state index in [1.165, 1.54) is 0 Å². The largest absolute Gasteiger partial charge is 0.495 e. The summed E-state index contributed by atoms with van der Waals surface area (Å²) in [6.07, 6.45) is 1.15. The molecule has 0 unspecified atom stereocenters. The molecule has 0 fully saturated rings. The third-order valence-corrected chi connectivity index (χ3v) is 3.92. The number of nitrogens with zero attached hydrogens (tertiary/aromatic N) is 1. The van der Waals surface area contributed by atoms with Crippen LogP contribution in [-0.4, -0.2) is 24.6 Å². The highest BCUT2D eigenvalue weighted by atomic mass is 35.5. The molecule has 0 aromatic heterocycles. The van der Waals surface area contributed by atoms with E-state index in [2.05, 4.69) is 10.3 Å². The summed E-state index contributed by atoms with van der Waals surface area (Å²) in [6, 6.07) is 3.81. The molecule has 0 saturated heterocycles. The summed E-state index contributed by atoms with van der Waals surface area (Å²) in [5.41, 5.74) is 1.94. The SMILES string of the molecule is COc1cc(Cl)c(C)cc1NC1=NCCCS1. The van der Waals surface area contributed by atoms with E-state index in [0.717, 1.165) is 40.9 Å². The van der Waals surface area contributed by atoms with Crippen LogP contribution in [0.2, 0.25) is 5.02 Å². The van der Waals surface area contributed by atoms with Gasteiger partial charge in [-0.3, -0.25) is 4.99 Å². The van der Waals surface area contributed by atoms with Crippen molar-refractivity contribution in [3.8, 4) is 5.75 Å². The fourth-order valence-corrected chi connectivity index (χ4v) is 2.57. The minimum absolute atomic E-state index is 0.714. The number of ether oxygens (including phenoxy) is 1. The van der Waals surface area contributed by atoms with Crippen LogP contribution in [0.4, 0.5) is 5.69 Å². The maximum atomic E-state index is 6.06. The van der Waals surface area contributed by atoms with Crippen molar-refractivity contribution in [1.82, 2.24) is 0 Å². The quantitative estimate of drug-likeness (QED) is 0.892. The van der Waals surface area contributed by atoms with Crippen LogP contribution in [0.15, 0.2) is 17.1 Å². The number of anilines is 1. The fourth-order valence-electron chi connectivity index (χ4n) is 1.58. The van der Waals surface area contributed by atoms with E-state index in [4.69, 9.17) is 16.3 Å². The monoisotopic (exact) mass is 270 g/mol. The molecule has 2 rings (SSSR count). The van der Waals surface area contributed by atoms with Crippen molar-refractivity contribution in [3.05, 3.63) is 22.7 Å². The van der Waals surface area contributed by atoms with E-state index in [-0.39, 0.29) is 0 Å². The fraction of sp³-hybridized carbons (Fsp3) is 0.417. The second-order valence-corrected chi connectivity index (χ2v) is 5.31. The molecular formula is C12H15ClN2OS. The number of thioether (sulfide) groups is 1. The third kappa shape index (κ3) is 3.07. The van der Waals surface area contributed by atoms with Crippen molar-refractivity contribution in [2.24, 2.45) is 4.99 Å². The molecule has 0 spiro atoms. The molecule has 0 amide bonds. The Labute approximate surface area is 111 Å². The molecule has 1 N–H and O–H groups in total. The topological polar surface area (TPSA) is 33.6 Å². The lowest BCUT2D eigenvalue weighted by molar-refractivity contribution is 0.417. The van der Waals surface area contributed by atoms with Gasteiger partial charge in [-0.1, -0.05) is 23.4 Å². The Morgan fingerprint density at radius 2 is 2.29 bits per heavy atom. The Balaban J connectivity index is 2.24. The van der Waals surface area contributed by atoms with E-state index in [9.17, 15) is 0 Å². The van der Waals surface area contributed by atoms with Crippen molar-refractivity contribution in [2.75, 3.05) is 24.7 Å². The lowest BCUT2D eigenvalue weighted by atomic mass is 10.2. The van der Waals surface area contributed by atoms with E-state index in [0.29, 0.717) is 5.02 Å². The molecule has 1 aliphatic heterocycles. The van der Waals surface area contributed by atoms with Gasteiger partial charge in [-0.25, -0.2) is 0 Å². The molecule has 3 nitrogen and oxygen atoms in total. The first kappa shape index (κ1) is 12.6. The van der Waals surface area contributed by atoms with Crippen LogP contribution in [0, 0.1) is 6.92 Å². The average molecular weight is 271 g/mol. The van der Waals surface area contributed by atoms with Gasteiger partial charge < -0.3 is 10.1 Å². The molecule has 1 heterocycles. The number of benzene rings is 1. The zero-order valence-electron chi connectivity index (χ0n) is 9.92. The van der Waals surface area contributed by atoms with E-state index >= 15 is 0 Å². The first-order valence-electron chi connectivity index (χ1n) is 5.49. The molecule has 17 heavy (non-hydrogen) atoms. The van der Waals surface area contributed by atoms with E-state index in [1.807, 2.05) is 19.1 Å². The second kappa shape index (κ2) is 5.65. The lowest BCUT2D eigenvalue weighted by Gasteiger charge is -2.16. The molecule has 0 bridgehead atoms. The maximum absolute atomic E-state index is 6.06. The summed E-state index contributed by atoms with van der Waals surface area (Å²) in [4.78, 5) is 4.43. The Hall–Kier alpha value is -0.870. The van der Waals surface area contributed by atoms with Crippen LogP contribution < -0.4 is 10.1 Å². The Morgan fingerprint density at radius 1 is 1.47 bits per heavy atom. The van der Waals surface area contributed by atoms with Crippen LogP contribution in [0.5, 0.6) is 5.75 Å². The zero-order chi connectivity index (χ0) is 12.3. The third-order valence-electron chi connectivity index (χ3n) is 2.52. The number of aryl methyl sites for hydroxylation is 1. The minimum Gasteiger partial charge on any atom is -0.495 e. The molecule has 0 aliphatic carbocycles. The van der Waals surface area contributed by atoms with Gasteiger partial charge >= 0.3 is 0 Å². The Kier molecular flexibility index (Phi) is 4.18. The summed E-state index contributed by atoms with van der Waals surface area (Å²) >= 11 is 7.80. The zero-order valence-corrected chi connectivity index (χ0v) is 11.5. The molecule has 1 aromatic carbocycles. The van der Waals surface area contributed by atoms with Gasteiger partial charge in [0.15, 0.2) is 5.17 Å². The summed E-state index contributed by atoms with van der Waals surface area (Å²) in [5.74, 6) is 1.86. The molecule has 1 aromatic rings. The number of halogens is 1. The molecular weight excluding hydrogens is 256 g/mol. The van der Waals surface area contributed by atoms with E-state index < -0.39 is 0 Å². The summed E-state index contributed by atoms with van der Waals surface area (Å²) < 4.78 is 5.31. The number of nitrogens with one attached hydrogen (secondary N) is 1. The number of aliphatic imine (C=N–C) groups is 1. The molecule has 5 heteroatoms. The van der Waals surface area contributed by atoms with E-state index in [1.54, 1.807) is 18.9 Å².